The number of ether oxygens (including phenoxy) is 1. The second-order valence-electron chi connectivity index (χ2n) is 5.85. The molecule has 0 saturated heterocycles. The maximum Gasteiger partial charge on any atom is 0.193 e. The second-order valence-corrected chi connectivity index (χ2v) is 5.85. The molecule has 6 heteroatoms. The highest BCUT2D eigenvalue weighted by Gasteiger charge is 2.09. The Bertz CT molecular complexity index is 814. The molecule has 0 aliphatic rings. The highest BCUT2D eigenvalue weighted by atomic mass is 19.1. The Morgan fingerprint density at radius 2 is 2.08 bits per heavy atom. The van der Waals surface area contributed by atoms with Gasteiger partial charge in [0.15, 0.2) is 5.96 Å². The third kappa shape index (κ3) is 5.21. The zero-order chi connectivity index (χ0) is 18.9. The summed E-state index contributed by atoms with van der Waals surface area (Å²) in [5, 5.41) is 11.9. The van der Waals surface area contributed by atoms with E-state index in [4.69, 9.17) is 10.00 Å². The van der Waals surface area contributed by atoms with Crippen LogP contribution in [0.3, 0.4) is 0 Å². The van der Waals surface area contributed by atoms with Crippen molar-refractivity contribution in [3.8, 4) is 11.8 Å². The minimum atomic E-state index is -0.405. The summed E-state index contributed by atoms with van der Waals surface area (Å²) in [5.74, 6) is 1.10. The average Bonchev–Trinajstić information content (AvgIpc) is 2.64. The number of halogens is 1. The number of hydrogen-bond donors (Lipinski definition) is 1. The predicted octanol–water partition coefficient (Wildman–Crippen LogP) is 3.09. The average molecular weight is 354 g/mol. The molecule has 0 spiro atoms. The van der Waals surface area contributed by atoms with E-state index >= 15 is 0 Å². The standard InChI is InChI=1S/C20H23FN4O/c1-15-6-4-5-7-19(15)26-11-10-25(3)20(23-2)24-14-17-9-8-16(13-22)12-18(17)21/h4-9,12H,10-11,14H2,1-3H3,(H,23,24). The van der Waals surface area contributed by atoms with Gasteiger partial charge in [-0.15, -0.1) is 0 Å². The monoisotopic (exact) mass is 354 g/mol. The first-order valence-electron chi connectivity index (χ1n) is 8.34. The lowest BCUT2D eigenvalue weighted by Gasteiger charge is -2.22. The minimum Gasteiger partial charge on any atom is -0.491 e. The molecule has 26 heavy (non-hydrogen) atoms. The summed E-state index contributed by atoms with van der Waals surface area (Å²) in [6, 6.07) is 14.2. The molecule has 1 N–H and O–H groups in total. The topological polar surface area (TPSA) is 60.7 Å². The molecule has 2 rings (SSSR count). The van der Waals surface area contributed by atoms with E-state index in [2.05, 4.69) is 10.3 Å². The van der Waals surface area contributed by atoms with Crippen LogP contribution in [0.4, 0.5) is 4.39 Å². The number of nitrogens with zero attached hydrogens (tertiary/aromatic N) is 3. The molecule has 0 aromatic heterocycles. The number of aryl methyl sites for hydroxylation is 1. The van der Waals surface area contributed by atoms with Gasteiger partial charge in [0.25, 0.3) is 0 Å². The molecule has 0 fully saturated rings. The number of aliphatic imine (C=N–C) groups is 1. The lowest BCUT2D eigenvalue weighted by Crippen LogP contribution is -2.40. The van der Waals surface area contributed by atoms with Gasteiger partial charge in [0.1, 0.15) is 18.2 Å². The highest BCUT2D eigenvalue weighted by molar-refractivity contribution is 5.79. The van der Waals surface area contributed by atoms with Crippen LogP contribution in [0.25, 0.3) is 0 Å². The van der Waals surface area contributed by atoms with Crippen molar-refractivity contribution in [3.63, 3.8) is 0 Å². The van der Waals surface area contributed by atoms with Gasteiger partial charge >= 0.3 is 0 Å². The van der Waals surface area contributed by atoms with Crippen LogP contribution in [0.2, 0.25) is 0 Å². The van der Waals surface area contributed by atoms with Crippen LogP contribution in [-0.4, -0.2) is 38.1 Å². The summed E-state index contributed by atoms with van der Waals surface area (Å²) in [7, 11) is 3.57. The molecule has 0 radical (unpaired) electrons. The highest BCUT2D eigenvalue weighted by Crippen LogP contribution is 2.15. The number of hydrogen-bond acceptors (Lipinski definition) is 3. The zero-order valence-corrected chi connectivity index (χ0v) is 15.3. The molecule has 0 aliphatic carbocycles. The van der Waals surface area contributed by atoms with Gasteiger partial charge in [0.05, 0.1) is 18.2 Å². The van der Waals surface area contributed by atoms with Crippen molar-refractivity contribution >= 4 is 5.96 Å². The largest absolute Gasteiger partial charge is 0.491 e. The fourth-order valence-corrected chi connectivity index (χ4v) is 2.44. The number of guanidine groups is 1. The molecule has 5 nitrogen and oxygen atoms in total. The van der Waals surface area contributed by atoms with Gasteiger partial charge in [-0.3, -0.25) is 4.99 Å². The first-order valence-corrected chi connectivity index (χ1v) is 8.34. The molecule has 0 heterocycles. The molecular weight excluding hydrogens is 331 g/mol. The molecule has 0 unspecified atom stereocenters. The van der Waals surface area contributed by atoms with Crippen LogP contribution in [0, 0.1) is 24.1 Å². The van der Waals surface area contributed by atoms with Crippen LogP contribution in [0.1, 0.15) is 16.7 Å². The van der Waals surface area contributed by atoms with E-state index in [-0.39, 0.29) is 6.54 Å². The Kier molecular flexibility index (Phi) is 6.98. The Labute approximate surface area is 153 Å². The van der Waals surface area contributed by atoms with Gasteiger partial charge in [-0.05, 0) is 30.7 Å². The summed E-state index contributed by atoms with van der Waals surface area (Å²) in [6.07, 6.45) is 0. The van der Waals surface area contributed by atoms with Crippen LogP contribution in [0.5, 0.6) is 5.75 Å². The van der Waals surface area contributed by atoms with Crippen LogP contribution < -0.4 is 10.1 Å². The lowest BCUT2D eigenvalue weighted by molar-refractivity contribution is 0.280. The third-order valence-corrected chi connectivity index (χ3v) is 3.97. The Morgan fingerprint density at radius 1 is 1.31 bits per heavy atom. The number of benzene rings is 2. The van der Waals surface area contributed by atoms with Crippen molar-refractivity contribution in [2.24, 2.45) is 4.99 Å². The molecule has 0 bridgehead atoms. The number of likely N-dealkylation sites (N-methyl/N-ethyl adjacent to an activating group) is 1. The Balaban J connectivity index is 1.86. The second kappa shape index (κ2) is 9.42. The third-order valence-electron chi connectivity index (χ3n) is 3.97. The fraction of sp³-hybridized carbons (Fsp3) is 0.300. The summed E-state index contributed by atoms with van der Waals surface area (Å²) in [4.78, 5) is 6.13. The van der Waals surface area contributed by atoms with Gasteiger partial charge in [0.2, 0.25) is 0 Å². The van der Waals surface area contributed by atoms with Crippen LogP contribution in [0.15, 0.2) is 47.5 Å². The number of rotatable bonds is 6. The molecule has 136 valence electrons. The van der Waals surface area contributed by atoms with E-state index < -0.39 is 5.82 Å². The van der Waals surface area contributed by atoms with Gasteiger partial charge in [-0.25, -0.2) is 4.39 Å². The minimum absolute atomic E-state index is 0.285. The molecule has 0 saturated carbocycles. The van der Waals surface area contributed by atoms with E-state index in [1.165, 1.54) is 6.07 Å². The van der Waals surface area contributed by atoms with Gasteiger partial charge < -0.3 is 15.0 Å². The molecule has 0 atom stereocenters. The van der Waals surface area contributed by atoms with Crippen LogP contribution in [-0.2, 0) is 6.54 Å². The number of nitrogens with one attached hydrogen (secondary N) is 1. The van der Waals surface area contributed by atoms with Gasteiger partial charge in [-0.2, -0.15) is 5.26 Å². The fourth-order valence-electron chi connectivity index (χ4n) is 2.44. The molecule has 2 aromatic rings. The Morgan fingerprint density at radius 3 is 2.73 bits per heavy atom. The number of para-hydroxylation sites is 1. The predicted molar refractivity (Wildman–Crippen MR) is 101 cm³/mol. The molecule has 0 amide bonds. The van der Waals surface area contributed by atoms with E-state index in [1.807, 2.05) is 49.2 Å². The first kappa shape index (κ1) is 19.3. The molecule has 0 aliphatic heterocycles. The first-order chi connectivity index (χ1) is 12.5. The lowest BCUT2D eigenvalue weighted by atomic mass is 10.1. The van der Waals surface area contributed by atoms with Gasteiger partial charge in [0, 0.05) is 26.2 Å². The summed E-state index contributed by atoms with van der Waals surface area (Å²) in [5.41, 5.74) is 1.88. The number of nitriles is 1. The summed E-state index contributed by atoms with van der Waals surface area (Å²) in [6.45, 7) is 3.43. The smallest absolute Gasteiger partial charge is 0.193 e. The Hall–Kier alpha value is -3.07. The van der Waals surface area contributed by atoms with Crippen molar-refractivity contribution in [3.05, 3.63) is 65.0 Å². The van der Waals surface area contributed by atoms with E-state index in [0.29, 0.717) is 30.2 Å². The van der Waals surface area contributed by atoms with Crippen molar-refractivity contribution in [1.82, 2.24) is 10.2 Å². The maximum atomic E-state index is 14.0. The molecular formula is C20H23FN4O. The van der Waals surface area contributed by atoms with E-state index in [9.17, 15) is 4.39 Å². The normalized spacial score (nSPS) is 11.0. The van der Waals surface area contributed by atoms with Crippen LogP contribution >= 0.6 is 0 Å². The summed E-state index contributed by atoms with van der Waals surface area (Å²) < 4.78 is 19.8. The SMILES string of the molecule is CN=C(NCc1ccc(C#N)cc1F)N(C)CCOc1ccccc1C. The van der Waals surface area contributed by atoms with E-state index in [0.717, 1.165) is 11.3 Å². The molecule has 2 aromatic carbocycles. The maximum absolute atomic E-state index is 14.0. The van der Waals surface area contributed by atoms with Crippen molar-refractivity contribution in [2.45, 2.75) is 13.5 Å². The van der Waals surface area contributed by atoms with Crippen molar-refractivity contribution in [1.29, 1.82) is 5.26 Å². The quantitative estimate of drug-likeness (QED) is 0.640. The van der Waals surface area contributed by atoms with Gasteiger partial charge in [-0.1, -0.05) is 24.3 Å². The van der Waals surface area contributed by atoms with Crippen molar-refractivity contribution < 1.29 is 9.13 Å². The van der Waals surface area contributed by atoms with Crippen molar-refractivity contribution in [2.75, 3.05) is 27.2 Å². The van der Waals surface area contributed by atoms with E-state index in [1.54, 1.807) is 19.2 Å². The zero-order valence-electron chi connectivity index (χ0n) is 15.3. The summed E-state index contributed by atoms with van der Waals surface area (Å²) >= 11 is 0.